The number of rotatable bonds is 6. The number of sulfonamides is 1. The van der Waals surface area contributed by atoms with Crippen LogP contribution in [0.15, 0.2) is 60.7 Å². The molecule has 2 aromatic rings. The summed E-state index contributed by atoms with van der Waals surface area (Å²) in [5.74, 6) is -1.29. The van der Waals surface area contributed by atoms with E-state index in [0.29, 0.717) is 5.56 Å². The zero-order valence-corrected chi connectivity index (χ0v) is 13.9. The lowest BCUT2D eigenvalue weighted by molar-refractivity contribution is -0.148. The Morgan fingerprint density at radius 1 is 1.04 bits per heavy atom. The van der Waals surface area contributed by atoms with Crippen LogP contribution in [-0.2, 0) is 20.6 Å². The summed E-state index contributed by atoms with van der Waals surface area (Å²) < 4.78 is 27.2. The van der Waals surface area contributed by atoms with Gasteiger partial charge < -0.3 is 5.11 Å². The molecule has 0 bridgehead atoms. The molecular weight excluding hydrogens is 326 g/mol. The summed E-state index contributed by atoms with van der Waals surface area (Å²) in [6, 6.07) is 18.3. The van der Waals surface area contributed by atoms with Gasteiger partial charge in [-0.05, 0) is 29.9 Å². The molecule has 1 fully saturated rings. The SMILES string of the molecule is O=C(O)C1(NS(=O)(=O)Cc2ccccc2)CC(c2ccccc2)C1. The van der Waals surface area contributed by atoms with Gasteiger partial charge in [-0.25, -0.2) is 8.42 Å². The minimum absolute atomic E-state index is 0.0572. The summed E-state index contributed by atoms with van der Waals surface area (Å²) >= 11 is 0. The molecule has 3 rings (SSSR count). The number of benzene rings is 2. The van der Waals surface area contributed by atoms with E-state index in [4.69, 9.17) is 0 Å². The maximum atomic E-state index is 12.4. The standard InChI is InChI=1S/C18H19NO4S/c20-17(21)18(11-16(12-18)15-9-5-2-6-10-15)19-24(22,23)13-14-7-3-1-4-8-14/h1-10,16,19H,11-13H2,(H,20,21). The van der Waals surface area contributed by atoms with E-state index < -0.39 is 21.5 Å². The summed E-state index contributed by atoms with van der Waals surface area (Å²) in [6.45, 7) is 0. The van der Waals surface area contributed by atoms with Gasteiger partial charge in [0.2, 0.25) is 10.0 Å². The maximum Gasteiger partial charge on any atom is 0.324 e. The number of carboxylic acid groups (broad SMARTS) is 1. The highest BCUT2D eigenvalue weighted by Gasteiger charge is 2.53. The van der Waals surface area contributed by atoms with Crippen LogP contribution in [-0.4, -0.2) is 25.0 Å². The monoisotopic (exact) mass is 345 g/mol. The van der Waals surface area contributed by atoms with Crippen molar-refractivity contribution in [3.63, 3.8) is 0 Å². The number of nitrogens with one attached hydrogen (secondary N) is 1. The van der Waals surface area contributed by atoms with Crippen molar-refractivity contribution in [2.24, 2.45) is 0 Å². The Morgan fingerprint density at radius 2 is 1.58 bits per heavy atom. The van der Waals surface area contributed by atoms with E-state index in [2.05, 4.69) is 4.72 Å². The van der Waals surface area contributed by atoms with Gasteiger partial charge in [-0.1, -0.05) is 60.7 Å². The molecule has 0 unspecified atom stereocenters. The van der Waals surface area contributed by atoms with Crippen molar-refractivity contribution in [3.05, 3.63) is 71.8 Å². The fourth-order valence-electron chi connectivity index (χ4n) is 3.17. The highest BCUT2D eigenvalue weighted by molar-refractivity contribution is 7.88. The third-order valence-corrected chi connectivity index (χ3v) is 5.84. The van der Waals surface area contributed by atoms with Gasteiger partial charge in [-0.2, -0.15) is 4.72 Å². The molecule has 5 nitrogen and oxygen atoms in total. The van der Waals surface area contributed by atoms with E-state index in [1.54, 1.807) is 30.3 Å². The molecule has 0 atom stereocenters. The summed E-state index contributed by atoms with van der Waals surface area (Å²) in [5.41, 5.74) is 0.259. The molecule has 0 aromatic heterocycles. The molecule has 2 N–H and O–H groups in total. The predicted molar refractivity (Wildman–Crippen MR) is 91.0 cm³/mol. The Hall–Kier alpha value is -2.18. The number of carbonyl (C=O) groups is 1. The van der Waals surface area contributed by atoms with E-state index in [9.17, 15) is 18.3 Å². The average molecular weight is 345 g/mol. The lowest BCUT2D eigenvalue weighted by Crippen LogP contribution is -2.61. The second-order valence-electron chi connectivity index (χ2n) is 6.25. The first kappa shape index (κ1) is 16.7. The summed E-state index contributed by atoms with van der Waals surface area (Å²) in [5, 5.41) is 9.55. The average Bonchev–Trinajstić information content (AvgIpc) is 2.51. The minimum atomic E-state index is -3.73. The zero-order valence-electron chi connectivity index (χ0n) is 13.1. The lowest BCUT2D eigenvalue weighted by atomic mass is 9.66. The van der Waals surface area contributed by atoms with Gasteiger partial charge in [0.05, 0.1) is 5.75 Å². The predicted octanol–water partition coefficient (Wildman–Crippen LogP) is 2.51. The van der Waals surface area contributed by atoms with Gasteiger partial charge in [0.15, 0.2) is 0 Å². The Bertz CT molecular complexity index is 813. The van der Waals surface area contributed by atoms with Gasteiger partial charge in [-0.15, -0.1) is 0 Å². The fourth-order valence-corrected chi connectivity index (χ4v) is 4.72. The smallest absolute Gasteiger partial charge is 0.324 e. The van der Waals surface area contributed by atoms with Gasteiger partial charge in [0.25, 0.3) is 0 Å². The van der Waals surface area contributed by atoms with Gasteiger partial charge in [0.1, 0.15) is 5.54 Å². The van der Waals surface area contributed by atoms with Gasteiger partial charge in [-0.3, -0.25) is 4.79 Å². The van der Waals surface area contributed by atoms with E-state index in [0.717, 1.165) is 5.56 Å². The van der Waals surface area contributed by atoms with Gasteiger partial charge in [0, 0.05) is 0 Å². The second-order valence-corrected chi connectivity index (χ2v) is 7.97. The zero-order chi connectivity index (χ0) is 17.2. The normalized spacial score (nSPS) is 23.4. The summed E-state index contributed by atoms with van der Waals surface area (Å²) in [4.78, 5) is 11.7. The number of hydrogen-bond acceptors (Lipinski definition) is 3. The molecule has 1 aliphatic carbocycles. The van der Waals surface area contributed by atoms with Crippen molar-refractivity contribution in [3.8, 4) is 0 Å². The van der Waals surface area contributed by atoms with Crippen molar-refractivity contribution >= 4 is 16.0 Å². The molecule has 0 radical (unpaired) electrons. The van der Waals surface area contributed by atoms with Crippen molar-refractivity contribution < 1.29 is 18.3 Å². The Labute approximate surface area is 141 Å². The van der Waals surface area contributed by atoms with Crippen molar-refractivity contribution in [2.45, 2.75) is 30.1 Å². The molecule has 0 spiro atoms. The summed E-state index contributed by atoms with van der Waals surface area (Å²) in [7, 11) is -3.73. The molecule has 0 saturated heterocycles. The number of hydrogen-bond donors (Lipinski definition) is 2. The molecular formula is C18H19NO4S. The second kappa shape index (κ2) is 6.37. The Kier molecular flexibility index (Phi) is 4.43. The van der Waals surface area contributed by atoms with Crippen LogP contribution in [0.5, 0.6) is 0 Å². The third kappa shape index (κ3) is 3.49. The third-order valence-electron chi connectivity index (χ3n) is 4.42. The lowest BCUT2D eigenvalue weighted by Gasteiger charge is -2.44. The molecule has 0 heterocycles. The first-order chi connectivity index (χ1) is 11.4. The van der Waals surface area contributed by atoms with Crippen LogP contribution in [0, 0.1) is 0 Å². The highest BCUT2D eigenvalue weighted by atomic mass is 32.2. The van der Waals surface area contributed by atoms with E-state index in [1.807, 2.05) is 30.3 Å². The van der Waals surface area contributed by atoms with Crippen LogP contribution >= 0.6 is 0 Å². The first-order valence-corrected chi connectivity index (χ1v) is 9.39. The molecule has 126 valence electrons. The molecule has 0 amide bonds. The van der Waals surface area contributed by atoms with Crippen LogP contribution in [0.4, 0.5) is 0 Å². The Morgan fingerprint density at radius 3 is 2.12 bits per heavy atom. The van der Waals surface area contributed by atoms with E-state index in [1.165, 1.54) is 0 Å². The van der Waals surface area contributed by atoms with Crippen LogP contribution in [0.1, 0.15) is 29.9 Å². The maximum absolute atomic E-state index is 12.4. The molecule has 1 aliphatic rings. The number of aliphatic carboxylic acids is 1. The number of carboxylic acids is 1. The summed E-state index contributed by atoms with van der Waals surface area (Å²) in [6.07, 6.45) is 0.529. The van der Waals surface area contributed by atoms with Crippen LogP contribution in [0.3, 0.4) is 0 Å². The quantitative estimate of drug-likeness (QED) is 0.843. The molecule has 1 saturated carbocycles. The van der Waals surface area contributed by atoms with Crippen LogP contribution in [0.2, 0.25) is 0 Å². The molecule has 24 heavy (non-hydrogen) atoms. The van der Waals surface area contributed by atoms with E-state index in [-0.39, 0.29) is 24.5 Å². The fraction of sp³-hybridized carbons (Fsp3) is 0.278. The highest BCUT2D eigenvalue weighted by Crippen LogP contribution is 2.45. The van der Waals surface area contributed by atoms with Crippen molar-refractivity contribution in [1.82, 2.24) is 4.72 Å². The van der Waals surface area contributed by atoms with E-state index >= 15 is 0 Å². The molecule has 0 aliphatic heterocycles. The largest absolute Gasteiger partial charge is 0.480 e. The van der Waals surface area contributed by atoms with Crippen LogP contribution in [0.25, 0.3) is 0 Å². The Balaban J connectivity index is 1.73. The first-order valence-electron chi connectivity index (χ1n) is 7.74. The molecule has 6 heteroatoms. The van der Waals surface area contributed by atoms with Gasteiger partial charge >= 0.3 is 5.97 Å². The topological polar surface area (TPSA) is 83.5 Å². The minimum Gasteiger partial charge on any atom is -0.480 e. The van der Waals surface area contributed by atoms with Crippen molar-refractivity contribution in [1.29, 1.82) is 0 Å². The van der Waals surface area contributed by atoms with Crippen molar-refractivity contribution in [2.75, 3.05) is 0 Å². The molecule has 2 aromatic carbocycles. The van der Waals surface area contributed by atoms with Crippen LogP contribution < -0.4 is 4.72 Å².